The van der Waals surface area contributed by atoms with Crippen molar-refractivity contribution >= 4 is 10.0 Å². The smallest absolute Gasteiger partial charge is 0.259 e. The molecule has 1 aromatic carbocycles. The molecule has 0 bridgehead atoms. The van der Waals surface area contributed by atoms with Crippen molar-refractivity contribution in [3.05, 3.63) is 47.9 Å². The predicted molar refractivity (Wildman–Crippen MR) is 88.6 cm³/mol. The fourth-order valence-electron chi connectivity index (χ4n) is 2.24. The van der Waals surface area contributed by atoms with Gasteiger partial charge < -0.3 is 9.67 Å². The molecule has 0 aliphatic rings. The van der Waals surface area contributed by atoms with Crippen molar-refractivity contribution in [2.24, 2.45) is 0 Å². The Balaban J connectivity index is 2.07. The maximum absolute atomic E-state index is 12.3. The first-order chi connectivity index (χ1) is 10.8. The topological polar surface area (TPSA) is 84.2 Å². The number of benzene rings is 1. The number of sulfonamides is 1. The van der Waals surface area contributed by atoms with Crippen molar-refractivity contribution in [2.75, 3.05) is 6.54 Å². The number of aliphatic hydroxyl groups is 1. The van der Waals surface area contributed by atoms with E-state index in [0.29, 0.717) is 5.56 Å². The molecule has 23 heavy (non-hydrogen) atoms. The van der Waals surface area contributed by atoms with Crippen molar-refractivity contribution in [3.8, 4) is 0 Å². The van der Waals surface area contributed by atoms with Crippen LogP contribution in [0.1, 0.15) is 43.5 Å². The highest BCUT2D eigenvalue weighted by molar-refractivity contribution is 7.89. The summed E-state index contributed by atoms with van der Waals surface area (Å²) in [6.45, 7) is 5.80. The SMILES string of the molecule is CC[C@@H](C)n1cnc(S(=O)(=O)NC[C@@H](O)c2ccccc2C)c1. The summed E-state index contributed by atoms with van der Waals surface area (Å²) in [6.07, 6.45) is 3.01. The Morgan fingerprint density at radius 1 is 1.35 bits per heavy atom. The highest BCUT2D eigenvalue weighted by Crippen LogP contribution is 2.18. The molecular formula is C16H23N3O3S. The highest BCUT2D eigenvalue weighted by Gasteiger charge is 2.20. The quantitative estimate of drug-likeness (QED) is 0.811. The van der Waals surface area contributed by atoms with Crippen LogP contribution in [0.2, 0.25) is 0 Å². The second-order valence-corrected chi connectivity index (χ2v) is 7.35. The van der Waals surface area contributed by atoms with Crippen LogP contribution in [-0.2, 0) is 10.0 Å². The van der Waals surface area contributed by atoms with E-state index < -0.39 is 16.1 Å². The van der Waals surface area contributed by atoms with Crippen LogP contribution in [0.25, 0.3) is 0 Å². The number of nitrogens with one attached hydrogen (secondary N) is 1. The first kappa shape index (κ1) is 17.7. The minimum Gasteiger partial charge on any atom is -0.387 e. The molecule has 2 rings (SSSR count). The van der Waals surface area contributed by atoms with Gasteiger partial charge in [0.1, 0.15) is 0 Å². The van der Waals surface area contributed by atoms with Gasteiger partial charge in [0, 0.05) is 18.8 Å². The second kappa shape index (κ2) is 7.25. The summed E-state index contributed by atoms with van der Waals surface area (Å²) < 4.78 is 28.7. The van der Waals surface area contributed by atoms with Crippen LogP contribution in [0.15, 0.2) is 41.8 Å². The van der Waals surface area contributed by atoms with E-state index in [1.165, 1.54) is 12.5 Å². The normalized spacial score (nSPS) is 14.6. The van der Waals surface area contributed by atoms with E-state index in [2.05, 4.69) is 9.71 Å². The fourth-order valence-corrected chi connectivity index (χ4v) is 3.21. The molecule has 0 saturated carbocycles. The first-order valence-electron chi connectivity index (χ1n) is 7.62. The maximum atomic E-state index is 12.3. The van der Waals surface area contributed by atoms with Crippen LogP contribution >= 0.6 is 0 Å². The monoisotopic (exact) mass is 337 g/mol. The van der Waals surface area contributed by atoms with E-state index in [4.69, 9.17) is 0 Å². The molecule has 1 heterocycles. The molecule has 0 saturated heterocycles. The van der Waals surface area contributed by atoms with Gasteiger partial charge in [-0.3, -0.25) is 0 Å². The minimum absolute atomic E-state index is 0.0326. The highest BCUT2D eigenvalue weighted by atomic mass is 32.2. The number of hydrogen-bond acceptors (Lipinski definition) is 4. The molecular weight excluding hydrogens is 314 g/mol. The van der Waals surface area contributed by atoms with Gasteiger partial charge in [0.2, 0.25) is 0 Å². The standard InChI is InChI=1S/C16H23N3O3S/c1-4-13(3)19-10-16(17-11-19)23(21,22)18-9-15(20)14-8-6-5-7-12(14)2/h5-8,10-11,13,15,18,20H,4,9H2,1-3H3/t13-,15-/m1/s1. The summed E-state index contributed by atoms with van der Waals surface area (Å²) >= 11 is 0. The van der Waals surface area contributed by atoms with Crippen LogP contribution < -0.4 is 4.72 Å². The van der Waals surface area contributed by atoms with Crippen molar-refractivity contribution in [2.45, 2.75) is 44.4 Å². The molecule has 2 N–H and O–H groups in total. The molecule has 2 aromatic rings. The summed E-state index contributed by atoms with van der Waals surface area (Å²) in [7, 11) is -3.74. The molecule has 1 aromatic heterocycles. The molecule has 7 heteroatoms. The molecule has 0 unspecified atom stereocenters. The lowest BCUT2D eigenvalue weighted by molar-refractivity contribution is 0.181. The van der Waals surface area contributed by atoms with E-state index in [1.807, 2.05) is 39.0 Å². The Labute approximate surface area is 137 Å². The zero-order valence-corrected chi connectivity index (χ0v) is 14.4. The van der Waals surface area contributed by atoms with E-state index in [1.54, 1.807) is 10.6 Å². The largest absolute Gasteiger partial charge is 0.387 e. The molecule has 0 aliphatic heterocycles. The molecule has 0 spiro atoms. The number of aliphatic hydroxyl groups excluding tert-OH is 1. The van der Waals surface area contributed by atoms with E-state index >= 15 is 0 Å². The van der Waals surface area contributed by atoms with Crippen molar-refractivity contribution in [1.82, 2.24) is 14.3 Å². The third-order valence-electron chi connectivity index (χ3n) is 3.97. The Morgan fingerprint density at radius 3 is 2.70 bits per heavy atom. The summed E-state index contributed by atoms with van der Waals surface area (Å²) in [5.41, 5.74) is 1.63. The van der Waals surface area contributed by atoms with Crippen LogP contribution in [0, 0.1) is 6.92 Å². The van der Waals surface area contributed by atoms with Gasteiger partial charge in [0.25, 0.3) is 10.0 Å². The minimum atomic E-state index is -3.74. The molecule has 0 radical (unpaired) electrons. The average Bonchev–Trinajstić information content (AvgIpc) is 3.03. The number of nitrogens with zero attached hydrogens (tertiary/aromatic N) is 2. The number of rotatable bonds is 7. The van der Waals surface area contributed by atoms with Crippen molar-refractivity contribution in [1.29, 1.82) is 0 Å². The van der Waals surface area contributed by atoms with Gasteiger partial charge in [-0.1, -0.05) is 31.2 Å². The summed E-state index contributed by atoms with van der Waals surface area (Å²) in [4.78, 5) is 3.96. The number of aromatic nitrogens is 2. The van der Waals surface area contributed by atoms with E-state index in [0.717, 1.165) is 12.0 Å². The van der Waals surface area contributed by atoms with Gasteiger partial charge in [0.05, 0.1) is 12.4 Å². The van der Waals surface area contributed by atoms with Gasteiger partial charge in [0.15, 0.2) is 5.03 Å². The van der Waals surface area contributed by atoms with E-state index in [-0.39, 0.29) is 17.6 Å². The third kappa shape index (κ3) is 4.19. The van der Waals surface area contributed by atoms with Crippen LogP contribution in [-0.4, -0.2) is 29.6 Å². The number of aryl methyl sites for hydroxylation is 1. The summed E-state index contributed by atoms with van der Waals surface area (Å²) in [6, 6.07) is 7.53. The Bertz CT molecular complexity index is 755. The van der Waals surface area contributed by atoms with Crippen molar-refractivity contribution < 1.29 is 13.5 Å². The zero-order chi connectivity index (χ0) is 17.0. The van der Waals surface area contributed by atoms with Crippen molar-refractivity contribution in [3.63, 3.8) is 0 Å². The lowest BCUT2D eigenvalue weighted by atomic mass is 10.0. The number of hydrogen-bond donors (Lipinski definition) is 2. The number of imidazole rings is 1. The lowest BCUT2D eigenvalue weighted by Gasteiger charge is -2.14. The predicted octanol–water partition coefficient (Wildman–Crippen LogP) is 2.17. The molecule has 0 amide bonds. The Morgan fingerprint density at radius 2 is 2.04 bits per heavy atom. The van der Waals surface area contributed by atoms with Crippen LogP contribution in [0.4, 0.5) is 0 Å². The third-order valence-corrected chi connectivity index (χ3v) is 5.28. The first-order valence-corrected chi connectivity index (χ1v) is 9.10. The molecule has 6 nitrogen and oxygen atoms in total. The summed E-state index contributed by atoms with van der Waals surface area (Å²) in [5.74, 6) is 0. The molecule has 0 fully saturated rings. The van der Waals surface area contributed by atoms with Gasteiger partial charge >= 0.3 is 0 Å². The lowest BCUT2D eigenvalue weighted by Crippen LogP contribution is -2.29. The van der Waals surface area contributed by atoms with Gasteiger partial charge in [-0.2, -0.15) is 0 Å². The zero-order valence-electron chi connectivity index (χ0n) is 13.6. The Hall–Kier alpha value is -1.70. The molecule has 2 atom stereocenters. The molecule has 126 valence electrons. The second-order valence-electron chi connectivity index (χ2n) is 5.64. The van der Waals surface area contributed by atoms with Gasteiger partial charge in [-0.05, 0) is 31.4 Å². The van der Waals surface area contributed by atoms with Gasteiger partial charge in [-0.25, -0.2) is 18.1 Å². The molecule has 0 aliphatic carbocycles. The Kier molecular flexibility index (Phi) is 5.56. The van der Waals surface area contributed by atoms with Gasteiger partial charge in [-0.15, -0.1) is 0 Å². The van der Waals surface area contributed by atoms with Crippen LogP contribution in [0.3, 0.4) is 0 Å². The van der Waals surface area contributed by atoms with E-state index in [9.17, 15) is 13.5 Å². The summed E-state index contributed by atoms with van der Waals surface area (Å²) in [5, 5.41) is 10.2. The fraction of sp³-hybridized carbons (Fsp3) is 0.438. The van der Waals surface area contributed by atoms with Crippen LogP contribution in [0.5, 0.6) is 0 Å². The maximum Gasteiger partial charge on any atom is 0.259 e. The average molecular weight is 337 g/mol.